The fourth-order valence-electron chi connectivity index (χ4n) is 3.43. The highest BCUT2D eigenvalue weighted by molar-refractivity contribution is 5.89. The van der Waals surface area contributed by atoms with Crippen LogP contribution in [-0.2, 0) is 23.7 Å². The van der Waals surface area contributed by atoms with Gasteiger partial charge in [0.2, 0.25) is 6.29 Å². The maximum absolute atomic E-state index is 12.0. The fraction of sp³-hybridized carbons (Fsp3) is 0.750. The predicted molar refractivity (Wildman–Crippen MR) is 81.3 cm³/mol. The van der Waals surface area contributed by atoms with Crippen molar-refractivity contribution in [2.45, 2.75) is 39.1 Å². The van der Waals surface area contributed by atoms with Crippen LogP contribution in [0, 0.1) is 17.8 Å². The second-order valence-corrected chi connectivity index (χ2v) is 6.15. The van der Waals surface area contributed by atoms with Crippen molar-refractivity contribution < 1.29 is 28.5 Å². The quantitative estimate of drug-likeness (QED) is 0.776. The van der Waals surface area contributed by atoms with Crippen LogP contribution in [0.15, 0.2) is 11.8 Å². The Bertz CT molecular complexity index is 475. The van der Waals surface area contributed by atoms with Crippen LogP contribution < -0.4 is 5.32 Å². The number of hydrogen-bond acceptors (Lipinski definition) is 6. The summed E-state index contributed by atoms with van der Waals surface area (Å²) in [5.74, 6) is -0.209. The lowest BCUT2D eigenvalue weighted by Crippen LogP contribution is -2.42. The van der Waals surface area contributed by atoms with Crippen molar-refractivity contribution in [1.29, 1.82) is 0 Å². The van der Waals surface area contributed by atoms with E-state index >= 15 is 0 Å². The van der Waals surface area contributed by atoms with E-state index in [1.807, 2.05) is 13.8 Å². The number of fused-ring (bicyclic) bond motifs is 1. The molecule has 4 atom stereocenters. The van der Waals surface area contributed by atoms with E-state index in [9.17, 15) is 9.59 Å². The van der Waals surface area contributed by atoms with E-state index < -0.39 is 12.4 Å². The number of carbonyl (C=O) groups excluding carboxylic acids is 2. The van der Waals surface area contributed by atoms with Crippen LogP contribution in [-0.4, -0.2) is 45.2 Å². The predicted octanol–water partition coefficient (Wildman–Crippen LogP) is 1.82. The summed E-state index contributed by atoms with van der Waals surface area (Å²) in [5, 5.41) is 2.73. The Morgan fingerprint density at radius 1 is 1.30 bits per heavy atom. The van der Waals surface area contributed by atoms with Gasteiger partial charge in [-0.25, -0.2) is 9.59 Å². The Balaban J connectivity index is 2.15. The maximum atomic E-state index is 12.0. The van der Waals surface area contributed by atoms with Gasteiger partial charge in [0.25, 0.3) is 0 Å². The number of carbonyl (C=O) groups is 2. The molecule has 1 amide bonds. The molecule has 0 bridgehead atoms. The van der Waals surface area contributed by atoms with Crippen LogP contribution in [0.25, 0.3) is 0 Å². The van der Waals surface area contributed by atoms with Crippen molar-refractivity contribution in [3.63, 3.8) is 0 Å². The van der Waals surface area contributed by atoms with Gasteiger partial charge in [-0.1, -0.05) is 0 Å². The highest BCUT2D eigenvalue weighted by Crippen LogP contribution is 2.47. The minimum Gasteiger partial charge on any atom is -0.472 e. The third-order valence-electron chi connectivity index (χ3n) is 4.42. The molecule has 7 heteroatoms. The van der Waals surface area contributed by atoms with E-state index in [1.165, 1.54) is 20.5 Å². The first kappa shape index (κ1) is 17.6. The van der Waals surface area contributed by atoms with Crippen molar-refractivity contribution in [2.24, 2.45) is 17.8 Å². The molecule has 1 aliphatic carbocycles. The van der Waals surface area contributed by atoms with Gasteiger partial charge in [-0.3, -0.25) is 0 Å². The van der Waals surface area contributed by atoms with E-state index in [0.29, 0.717) is 12.1 Å². The Labute approximate surface area is 136 Å². The average Bonchev–Trinajstić information content (AvgIpc) is 2.96. The summed E-state index contributed by atoms with van der Waals surface area (Å²) in [6, 6.07) is 0. The van der Waals surface area contributed by atoms with Crippen LogP contribution >= 0.6 is 0 Å². The van der Waals surface area contributed by atoms with Crippen molar-refractivity contribution in [2.75, 3.05) is 20.8 Å². The number of hydrogen-bond donors (Lipinski definition) is 1. The smallest absolute Gasteiger partial charge is 0.406 e. The Kier molecular flexibility index (Phi) is 5.87. The standard InChI is InChI=1S/C16H25NO6/c1-9(2)23-15-13-10(7-17-16(19)21-4)5-6-11(13)12(8-22-15)14(18)20-3/h8-11,13,15H,5-7H2,1-4H3,(H,17,19)/t10?,11?,13?,15-/m0/s1. The van der Waals surface area contributed by atoms with Gasteiger partial charge >= 0.3 is 12.1 Å². The van der Waals surface area contributed by atoms with Gasteiger partial charge < -0.3 is 24.3 Å². The second-order valence-electron chi connectivity index (χ2n) is 6.15. The molecule has 0 aromatic carbocycles. The van der Waals surface area contributed by atoms with Gasteiger partial charge in [0.15, 0.2) is 0 Å². The SMILES string of the molecule is COC(=O)NCC1CCC2C(C(=O)OC)=CO[C@@H](OC(C)C)C12. The molecule has 1 fully saturated rings. The summed E-state index contributed by atoms with van der Waals surface area (Å²) >= 11 is 0. The number of nitrogens with one attached hydrogen (secondary N) is 1. The summed E-state index contributed by atoms with van der Waals surface area (Å²) in [6.07, 6.45) is 2.28. The molecule has 1 heterocycles. The second kappa shape index (κ2) is 7.68. The number of esters is 1. The normalized spacial score (nSPS) is 29.3. The van der Waals surface area contributed by atoms with Gasteiger partial charge in [0, 0.05) is 18.4 Å². The number of ether oxygens (including phenoxy) is 4. The van der Waals surface area contributed by atoms with Crippen LogP contribution in [0.1, 0.15) is 26.7 Å². The van der Waals surface area contributed by atoms with E-state index in [2.05, 4.69) is 10.1 Å². The highest BCUT2D eigenvalue weighted by atomic mass is 16.7. The first-order valence-electron chi connectivity index (χ1n) is 7.89. The molecule has 2 aliphatic rings. The van der Waals surface area contributed by atoms with Crippen molar-refractivity contribution in [3.8, 4) is 0 Å². The topological polar surface area (TPSA) is 83.1 Å². The molecule has 7 nitrogen and oxygen atoms in total. The molecule has 0 spiro atoms. The van der Waals surface area contributed by atoms with E-state index in [0.717, 1.165) is 12.8 Å². The van der Waals surface area contributed by atoms with Crippen LogP contribution in [0.4, 0.5) is 4.79 Å². The molecule has 0 saturated heterocycles. The molecule has 3 unspecified atom stereocenters. The third kappa shape index (κ3) is 3.96. The van der Waals surface area contributed by atoms with Crippen LogP contribution in [0.3, 0.4) is 0 Å². The van der Waals surface area contributed by atoms with Crippen molar-refractivity contribution in [3.05, 3.63) is 11.8 Å². The molecule has 0 aromatic rings. The maximum Gasteiger partial charge on any atom is 0.406 e. The number of amides is 1. The lowest BCUT2D eigenvalue weighted by molar-refractivity contribution is -0.184. The molecule has 1 aliphatic heterocycles. The Hall–Kier alpha value is -1.76. The van der Waals surface area contributed by atoms with Gasteiger partial charge in [-0.2, -0.15) is 0 Å². The molecule has 2 rings (SSSR count). The molecule has 1 N–H and O–H groups in total. The van der Waals surface area contributed by atoms with Crippen LogP contribution in [0.5, 0.6) is 0 Å². The lowest BCUT2D eigenvalue weighted by atomic mass is 9.82. The van der Waals surface area contributed by atoms with Gasteiger partial charge in [-0.05, 0) is 32.6 Å². The monoisotopic (exact) mass is 327 g/mol. The third-order valence-corrected chi connectivity index (χ3v) is 4.42. The Morgan fingerprint density at radius 3 is 2.65 bits per heavy atom. The molecule has 0 aromatic heterocycles. The molecule has 23 heavy (non-hydrogen) atoms. The summed E-state index contributed by atoms with van der Waals surface area (Å²) in [5.41, 5.74) is 0.543. The zero-order valence-corrected chi connectivity index (χ0v) is 14.0. The minimum atomic E-state index is -0.463. The summed E-state index contributed by atoms with van der Waals surface area (Å²) in [6.45, 7) is 4.34. The average molecular weight is 327 g/mol. The molecule has 0 radical (unpaired) electrons. The largest absolute Gasteiger partial charge is 0.472 e. The molecule has 130 valence electrons. The number of rotatable bonds is 5. The van der Waals surface area contributed by atoms with Crippen LogP contribution in [0.2, 0.25) is 0 Å². The lowest BCUT2D eigenvalue weighted by Gasteiger charge is -2.36. The number of alkyl carbamates (subject to hydrolysis) is 1. The van der Waals surface area contributed by atoms with E-state index in [4.69, 9.17) is 14.2 Å². The first-order chi connectivity index (χ1) is 11.0. The van der Waals surface area contributed by atoms with E-state index in [1.54, 1.807) is 0 Å². The zero-order valence-electron chi connectivity index (χ0n) is 14.0. The first-order valence-corrected chi connectivity index (χ1v) is 7.89. The molecular formula is C16H25NO6. The zero-order chi connectivity index (χ0) is 17.0. The summed E-state index contributed by atoms with van der Waals surface area (Å²) in [4.78, 5) is 23.3. The summed E-state index contributed by atoms with van der Waals surface area (Å²) in [7, 11) is 2.69. The Morgan fingerprint density at radius 2 is 2.04 bits per heavy atom. The number of methoxy groups -OCH3 is 2. The molecule has 1 saturated carbocycles. The van der Waals surface area contributed by atoms with E-state index in [-0.39, 0.29) is 29.8 Å². The fourth-order valence-corrected chi connectivity index (χ4v) is 3.43. The van der Waals surface area contributed by atoms with Gasteiger partial charge in [0.1, 0.15) is 0 Å². The summed E-state index contributed by atoms with van der Waals surface area (Å²) < 4.78 is 21.0. The van der Waals surface area contributed by atoms with Crippen molar-refractivity contribution in [1.82, 2.24) is 5.32 Å². The van der Waals surface area contributed by atoms with Gasteiger partial charge in [-0.15, -0.1) is 0 Å². The van der Waals surface area contributed by atoms with Crippen molar-refractivity contribution >= 4 is 12.1 Å². The molecular weight excluding hydrogens is 302 g/mol. The van der Waals surface area contributed by atoms with Gasteiger partial charge in [0.05, 0.1) is 32.2 Å². The highest BCUT2D eigenvalue weighted by Gasteiger charge is 2.48. The minimum absolute atomic E-state index is 0.00328.